The van der Waals surface area contributed by atoms with E-state index in [1.807, 2.05) is 0 Å². The van der Waals surface area contributed by atoms with E-state index >= 15 is 0 Å². The molecule has 0 saturated carbocycles. The maximum absolute atomic E-state index is 13.1. The van der Waals surface area contributed by atoms with Crippen molar-refractivity contribution in [1.82, 2.24) is 4.31 Å². The number of ketones is 1. The molecule has 3 aromatic rings. The van der Waals surface area contributed by atoms with E-state index in [0.717, 1.165) is 0 Å². The largest absolute Gasteiger partial charge is 0.321 e. The summed E-state index contributed by atoms with van der Waals surface area (Å²) in [7, 11) is -3.80. The van der Waals surface area contributed by atoms with E-state index in [1.54, 1.807) is 30.3 Å². The average Bonchev–Trinajstić information content (AvgIpc) is 2.85. The number of hydrogen-bond donors (Lipinski definition) is 1. The second-order valence-electron chi connectivity index (χ2n) is 7.38. The molecule has 0 aromatic heterocycles. The molecular formula is C26H22Cl2N2O4S. The van der Waals surface area contributed by atoms with Gasteiger partial charge in [0.1, 0.15) is 0 Å². The van der Waals surface area contributed by atoms with Gasteiger partial charge in [-0.3, -0.25) is 9.59 Å². The van der Waals surface area contributed by atoms with E-state index in [9.17, 15) is 18.0 Å². The molecule has 0 aliphatic heterocycles. The lowest BCUT2D eigenvalue weighted by Gasteiger charge is -2.19. The summed E-state index contributed by atoms with van der Waals surface area (Å²) in [6, 6.07) is 16.6. The van der Waals surface area contributed by atoms with Gasteiger partial charge in [0.05, 0.1) is 15.6 Å². The summed E-state index contributed by atoms with van der Waals surface area (Å²) in [5.41, 5.74) is 0.880. The summed E-state index contributed by atoms with van der Waals surface area (Å²) in [5.74, 6) is -0.933. The van der Waals surface area contributed by atoms with Crippen molar-refractivity contribution in [3.8, 4) is 0 Å². The van der Waals surface area contributed by atoms with Crippen molar-refractivity contribution in [1.29, 1.82) is 0 Å². The Morgan fingerprint density at radius 3 is 2.11 bits per heavy atom. The highest BCUT2D eigenvalue weighted by Gasteiger charge is 2.23. The molecule has 3 aromatic carbocycles. The maximum Gasteiger partial charge on any atom is 0.255 e. The molecule has 180 valence electrons. The van der Waals surface area contributed by atoms with E-state index in [0.29, 0.717) is 5.02 Å². The van der Waals surface area contributed by atoms with Crippen LogP contribution < -0.4 is 5.32 Å². The molecule has 0 aliphatic rings. The number of carbonyl (C=O) groups is 2. The van der Waals surface area contributed by atoms with Crippen molar-refractivity contribution in [3.63, 3.8) is 0 Å². The molecule has 0 atom stereocenters. The topological polar surface area (TPSA) is 83.6 Å². The number of benzene rings is 3. The lowest BCUT2D eigenvalue weighted by Crippen LogP contribution is -2.31. The van der Waals surface area contributed by atoms with Crippen LogP contribution in [-0.2, 0) is 10.0 Å². The van der Waals surface area contributed by atoms with Crippen molar-refractivity contribution in [3.05, 3.63) is 119 Å². The van der Waals surface area contributed by atoms with Crippen LogP contribution in [0.3, 0.4) is 0 Å². The summed E-state index contributed by atoms with van der Waals surface area (Å²) in [4.78, 5) is 26.0. The Labute approximate surface area is 214 Å². The van der Waals surface area contributed by atoms with Gasteiger partial charge < -0.3 is 5.32 Å². The molecule has 0 heterocycles. The third-order valence-corrected chi connectivity index (χ3v) is 7.42. The first-order valence-electron chi connectivity index (χ1n) is 10.4. The molecule has 0 bridgehead atoms. The van der Waals surface area contributed by atoms with Crippen LogP contribution in [0.25, 0.3) is 0 Å². The van der Waals surface area contributed by atoms with Gasteiger partial charge in [-0.25, -0.2) is 8.42 Å². The van der Waals surface area contributed by atoms with E-state index in [-0.39, 0.29) is 45.4 Å². The van der Waals surface area contributed by atoms with Gasteiger partial charge in [-0.1, -0.05) is 47.5 Å². The second kappa shape index (κ2) is 11.5. The van der Waals surface area contributed by atoms with Crippen molar-refractivity contribution < 1.29 is 18.0 Å². The van der Waals surface area contributed by atoms with Gasteiger partial charge in [-0.15, -0.1) is 13.2 Å². The van der Waals surface area contributed by atoms with Crippen LogP contribution in [0.15, 0.2) is 96.9 Å². The molecule has 6 nitrogen and oxygen atoms in total. The minimum atomic E-state index is -3.80. The number of rotatable bonds is 10. The Morgan fingerprint density at radius 1 is 0.886 bits per heavy atom. The molecule has 0 unspecified atom stereocenters. The molecule has 35 heavy (non-hydrogen) atoms. The lowest BCUT2D eigenvalue weighted by atomic mass is 10.0. The molecule has 0 radical (unpaired) electrons. The van der Waals surface area contributed by atoms with Gasteiger partial charge >= 0.3 is 0 Å². The van der Waals surface area contributed by atoms with Crippen LogP contribution in [0.5, 0.6) is 0 Å². The molecule has 1 N–H and O–H groups in total. The van der Waals surface area contributed by atoms with Gasteiger partial charge in [-0.2, -0.15) is 4.31 Å². The van der Waals surface area contributed by atoms with Crippen LogP contribution in [0.2, 0.25) is 10.0 Å². The van der Waals surface area contributed by atoms with Gasteiger partial charge in [-0.05, 0) is 54.6 Å². The van der Waals surface area contributed by atoms with Crippen LogP contribution in [0, 0.1) is 0 Å². The van der Waals surface area contributed by atoms with Crippen molar-refractivity contribution in [2.75, 3.05) is 18.4 Å². The van der Waals surface area contributed by atoms with Gasteiger partial charge in [0.2, 0.25) is 10.0 Å². The number of halogens is 2. The standard InChI is InChI=1S/C26H22Cl2N2O4S/c1-3-15-30(16-4-2)35(33,34)20-12-9-18(10-13-20)26(32)29-24-14-11-19(27)17-22(24)25(31)21-7-5-6-8-23(21)28/h3-14,17H,1-2,15-16H2,(H,29,32). The minimum Gasteiger partial charge on any atom is -0.321 e. The van der Waals surface area contributed by atoms with Gasteiger partial charge in [0.25, 0.3) is 5.91 Å². The number of nitrogens with one attached hydrogen (secondary N) is 1. The van der Waals surface area contributed by atoms with E-state index in [1.165, 1.54) is 52.9 Å². The molecule has 0 aliphatic carbocycles. The van der Waals surface area contributed by atoms with Crippen LogP contribution in [0.4, 0.5) is 5.69 Å². The highest BCUT2D eigenvalue weighted by Crippen LogP contribution is 2.27. The Kier molecular flexibility index (Phi) is 8.64. The Balaban J connectivity index is 1.87. The summed E-state index contributed by atoms with van der Waals surface area (Å²) < 4.78 is 26.9. The van der Waals surface area contributed by atoms with E-state index in [2.05, 4.69) is 18.5 Å². The number of hydrogen-bond acceptors (Lipinski definition) is 4. The Morgan fingerprint density at radius 2 is 1.51 bits per heavy atom. The van der Waals surface area contributed by atoms with Crippen molar-refractivity contribution >= 4 is 50.6 Å². The van der Waals surface area contributed by atoms with Crippen LogP contribution >= 0.6 is 23.2 Å². The summed E-state index contributed by atoms with van der Waals surface area (Å²) >= 11 is 12.3. The van der Waals surface area contributed by atoms with Crippen molar-refractivity contribution in [2.45, 2.75) is 4.90 Å². The molecule has 0 spiro atoms. The quantitative estimate of drug-likeness (QED) is 0.264. The lowest BCUT2D eigenvalue weighted by molar-refractivity contribution is 0.102. The monoisotopic (exact) mass is 528 g/mol. The third-order valence-electron chi connectivity index (χ3n) is 5.01. The Hall–Kier alpha value is -3.23. The second-order valence-corrected chi connectivity index (χ2v) is 10.2. The molecule has 0 saturated heterocycles. The average molecular weight is 529 g/mol. The maximum atomic E-state index is 13.1. The zero-order valence-corrected chi connectivity index (χ0v) is 20.9. The van der Waals surface area contributed by atoms with E-state index < -0.39 is 21.7 Å². The number of amides is 1. The fraction of sp³-hybridized carbons (Fsp3) is 0.0769. The molecular weight excluding hydrogens is 507 g/mol. The SMILES string of the molecule is C=CCN(CC=C)S(=O)(=O)c1ccc(C(=O)Nc2ccc(Cl)cc2C(=O)c2ccccc2Cl)cc1. The number of carbonyl (C=O) groups excluding carboxylic acids is 2. The van der Waals surface area contributed by atoms with E-state index in [4.69, 9.17) is 23.2 Å². The molecule has 9 heteroatoms. The summed E-state index contributed by atoms with van der Waals surface area (Å²) in [6.07, 6.45) is 2.97. The Bertz CT molecular complexity index is 1380. The predicted molar refractivity (Wildman–Crippen MR) is 140 cm³/mol. The first kappa shape index (κ1) is 26.4. The molecule has 0 fully saturated rings. The first-order chi connectivity index (χ1) is 16.7. The normalized spacial score (nSPS) is 11.2. The summed E-state index contributed by atoms with van der Waals surface area (Å²) in [6.45, 7) is 7.41. The van der Waals surface area contributed by atoms with Crippen LogP contribution in [0.1, 0.15) is 26.3 Å². The number of nitrogens with zero attached hydrogens (tertiary/aromatic N) is 1. The van der Waals surface area contributed by atoms with Gasteiger partial charge in [0.15, 0.2) is 5.78 Å². The fourth-order valence-corrected chi connectivity index (χ4v) is 5.06. The predicted octanol–water partition coefficient (Wildman–Crippen LogP) is 5.84. The molecule has 1 amide bonds. The minimum absolute atomic E-state index is 0.0267. The number of anilines is 1. The smallest absolute Gasteiger partial charge is 0.255 e. The van der Waals surface area contributed by atoms with Crippen LogP contribution in [-0.4, -0.2) is 37.5 Å². The fourth-order valence-electron chi connectivity index (χ4n) is 3.28. The van der Waals surface area contributed by atoms with Gasteiger partial charge in [0, 0.05) is 34.8 Å². The zero-order chi connectivity index (χ0) is 25.6. The highest BCUT2D eigenvalue weighted by molar-refractivity contribution is 7.89. The first-order valence-corrected chi connectivity index (χ1v) is 12.6. The number of sulfonamides is 1. The third kappa shape index (κ3) is 6.07. The highest BCUT2D eigenvalue weighted by atomic mass is 35.5. The van der Waals surface area contributed by atoms with Crippen molar-refractivity contribution in [2.24, 2.45) is 0 Å². The summed E-state index contributed by atoms with van der Waals surface area (Å²) in [5, 5.41) is 3.29. The zero-order valence-electron chi connectivity index (χ0n) is 18.6. The molecule has 3 rings (SSSR count).